The van der Waals surface area contributed by atoms with Gasteiger partial charge in [0, 0.05) is 16.6 Å². The van der Waals surface area contributed by atoms with Crippen LogP contribution in [0.3, 0.4) is 0 Å². The second-order valence-corrected chi connectivity index (χ2v) is 6.08. The highest BCUT2D eigenvalue weighted by atomic mass is 79.9. The van der Waals surface area contributed by atoms with Crippen LogP contribution < -0.4 is 16.4 Å². The second-order valence-electron chi connectivity index (χ2n) is 5.16. The first-order valence-electron chi connectivity index (χ1n) is 7.14. The van der Waals surface area contributed by atoms with Crippen molar-refractivity contribution in [3.05, 3.63) is 69.7 Å². The molecular formula is C17H18BrN3O2. The van der Waals surface area contributed by atoms with E-state index >= 15 is 0 Å². The zero-order chi connectivity index (χ0) is 16.8. The normalized spacial score (nSPS) is 11.6. The van der Waals surface area contributed by atoms with Crippen LogP contribution in [0, 0.1) is 0 Å². The Labute approximate surface area is 143 Å². The monoisotopic (exact) mass is 375 g/mol. The molecule has 0 radical (unpaired) electrons. The summed E-state index contributed by atoms with van der Waals surface area (Å²) in [4.78, 5) is 22.9. The summed E-state index contributed by atoms with van der Waals surface area (Å²) in [5.41, 5.74) is 7.48. The number of benzene rings is 2. The molecule has 0 aliphatic heterocycles. The third kappa shape index (κ3) is 5.10. The van der Waals surface area contributed by atoms with Crippen LogP contribution in [-0.4, -0.2) is 11.9 Å². The standard InChI is InChI=1S/C17H18BrN3O2/c1-11(14-3-2-4-15(18)9-14)21-16(22)13-7-5-12(6-8-13)10-20-17(19)23/h2-9,11H,10H2,1H3,(H,21,22)(H3,19,20,23). The highest BCUT2D eigenvalue weighted by molar-refractivity contribution is 9.10. The lowest BCUT2D eigenvalue weighted by molar-refractivity contribution is 0.0940. The van der Waals surface area contributed by atoms with Gasteiger partial charge in [-0.1, -0.05) is 40.2 Å². The maximum Gasteiger partial charge on any atom is 0.312 e. The van der Waals surface area contributed by atoms with Crippen molar-refractivity contribution in [2.24, 2.45) is 5.73 Å². The van der Waals surface area contributed by atoms with Gasteiger partial charge in [-0.2, -0.15) is 0 Å². The van der Waals surface area contributed by atoms with Gasteiger partial charge in [-0.15, -0.1) is 0 Å². The summed E-state index contributed by atoms with van der Waals surface area (Å²) in [5, 5.41) is 5.46. The van der Waals surface area contributed by atoms with Crippen molar-refractivity contribution in [2.75, 3.05) is 0 Å². The van der Waals surface area contributed by atoms with Crippen LogP contribution in [0.5, 0.6) is 0 Å². The minimum atomic E-state index is -0.574. The average molecular weight is 376 g/mol. The van der Waals surface area contributed by atoms with Crippen LogP contribution in [0.2, 0.25) is 0 Å². The van der Waals surface area contributed by atoms with Crippen molar-refractivity contribution in [1.29, 1.82) is 0 Å². The summed E-state index contributed by atoms with van der Waals surface area (Å²) < 4.78 is 0.974. The second kappa shape index (κ2) is 7.78. The number of nitrogens with two attached hydrogens (primary N) is 1. The smallest absolute Gasteiger partial charge is 0.312 e. The summed E-state index contributed by atoms with van der Waals surface area (Å²) >= 11 is 3.42. The highest BCUT2D eigenvalue weighted by Crippen LogP contribution is 2.18. The molecule has 0 aliphatic carbocycles. The summed E-state index contributed by atoms with van der Waals surface area (Å²) in [6.45, 7) is 2.27. The van der Waals surface area contributed by atoms with E-state index in [4.69, 9.17) is 5.73 Å². The number of rotatable bonds is 5. The molecule has 2 aromatic carbocycles. The Bertz CT molecular complexity index is 701. The van der Waals surface area contributed by atoms with Crippen LogP contribution in [0.15, 0.2) is 53.0 Å². The van der Waals surface area contributed by atoms with Crippen molar-refractivity contribution in [2.45, 2.75) is 19.5 Å². The largest absolute Gasteiger partial charge is 0.352 e. The Morgan fingerprint density at radius 2 is 1.87 bits per heavy atom. The molecule has 0 heterocycles. The molecule has 0 aromatic heterocycles. The molecule has 0 saturated heterocycles. The first-order chi connectivity index (χ1) is 11.0. The Morgan fingerprint density at radius 3 is 2.48 bits per heavy atom. The number of carbonyl (C=O) groups excluding carboxylic acids is 2. The molecule has 1 unspecified atom stereocenters. The predicted octanol–water partition coefficient (Wildman–Crippen LogP) is 3.11. The van der Waals surface area contributed by atoms with E-state index in [0.717, 1.165) is 15.6 Å². The first-order valence-corrected chi connectivity index (χ1v) is 7.93. The maximum atomic E-state index is 12.3. The van der Waals surface area contributed by atoms with Gasteiger partial charge in [0.25, 0.3) is 5.91 Å². The molecule has 2 rings (SSSR count). The molecular weight excluding hydrogens is 358 g/mol. The number of hydrogen-bond acceptors (Lipinski definition) is 2. The highest BCUT2D eigenvalue weighted by Gasteiger charge is 2.11. The van der Waals surface area contributed by atoms with Gasteiger partial charge >= 0.3 is 6.03 Å². The zero-order valence-corrected chi connectivity index (χ0v) is 14.3. The summed E-state index contributed by atoms with van der Waals surface area (Å²) in [7, 11) is 0. The van der Waals surface area contributed by atoms with E-state index in [2.05, 4.69) is 26.6 Å². The molecule has 3 amide bonds. The Kier molecular flexibility index (Phi) is 5.76. The maximum absolute atomic E-state index is 12.3. The molecule has 2 aromatic rings. The van der Waals surface area contributed by atoms with Crippen LogP contribution >= 0.6 is 15.9 Å². The fourth-order valence-electron chi connectivity index (χ4n) is 2.10. The van der Waals surface area contributed by atoms with Crippen molar-refractivity contribution in [3.63, 3.8) is 0 Å². The first kappa shape index (κ1) is 17.0. The third-order valence-corrected chi connectivity index (χ3v) is 3.87. The molecule has 23 heavy (non-hydrogen) atoms. The van der Waals surface area contributed by atoms with Gasteiger partial charge in [-0.05, 0) is 42.3 Å². The summed E-state index contributed by atoms with van der Waals surface area (Å²) in [5.74, 6) is -0.146. The van der Waals surface area contributed by atoms with Crippen LogP contribution in [-0.2, 0) is 6.54 Å². The van der Waals surface area contributed by atoms with Gasteiger partial charge < -0.3 is 16.4 Å². The van der Waals surface area contributed by atoms with E-state index in [1.54, 1.807) is 24.3 Å². The van der Waals surface area contributed by atoms with Gasteiger partial charge in [-0.25, -0.2) is 4.79 Å². The van der Waals surface area contributed by atoms with Gasteiger partial charge in [0.1, 0.15) is 0 Å². The molecule has 6 heteroatoms. The lowest BCUT2D eigenvalue weighted by atomic mass is 10.1. The number of carbonyl (C=O) groups is 2. The fourth-order valence-corrected chi connectivity index (χ4v) is 2.52. The number of amides is 3. The molecule has 0 saturated carbocycles. The van der Waals surface area contributed by atoms with E-state index in [-0.39, 0.29) is 11.9 Å². The van der Waals surface area contributed by atoms with E-state index in [1.807, 2.05) is 31.2 Å². The van der Waals surface area contributed by atoms with Crippen molar-refractivity contribution in [3.8, 4) is 0 Å². The minimum absolute atomic E-state index is 0.101. The molecule has 120 valence electrons. The van der Waals surface area contributed by atoms with Gasteiger partial charge in [0.2, 0.25) is 0 Å². The van der Waals surface area contributed by atoms with E-state index in [0.29, 0.717) is 12.1 Å². The van der Waals surface area contributed by atoms with E-state index < -0.39 is 6.03 Å². The van der Waals surface area contributed by atoms with E-state index in [9.17, 15) is 9.59 Å². The molecule has 0 bridgehead atoms. The Hall–Kier alpha value is -2.34. The van der Waals surface area contributed by atoms with E-state index in [1.165, 1.54) is 0 Å². The van der Waals surface area contributed by atoms with Crippen molar-refractivity contribution in [1.82, 2.24) is 10.6 Å². The Balaban J connectivity index is 1.98. The van der Waals surface area contributed by atoms with Gasteiger partial charge in [0.05, 0.1) is 6.04 Å². The fraction of sp³-hybridized carbons (Fsp3) is 0.176. The van der Waals surface area contributed by atoms with Crippen LogP contribution in [0.4, 0.5) is 4.79 Å². The zero-order valence-electron chi connectivity index (χ0n) is 12.7. The van der Waals surface area contributed by atoms with Crippen LogP contribution in [0.1, 0.15) is 34.5 Å². The minimum Gasteiger partial charge on any atom is -0.352 e. The number of hydrogen-bond donors (Lipinski definition) is 3. The lowest BCUT2D eigenvalue weighted by Gasteiger charge is -2.15. The number of halogens is 1. The predicted molar refractivity (Wildman–Crippen MR) is 92.9 cm³/mol. The molecule has 0 aliphatic rings. The quantitative estimate of drug-likeness (QED) is 0.749. The lowest BCUT2D eigenvalue weighted by Crippen LogP contribution is -2.28. The molecule has 0 fully saturated rings. The topological polar surface area (TPSA) is 84.2 Å². The van der Waals surface area contributed by atoms with Crippen LogP contribution in [0.25, 0.3) is 0 Å². The third-order valence-electron chi connectivity index (χ3n) is 3.38. The van der Waals surface area contributed by atoms with Crippen molar-refractivity contribution >= 4 is 27.9 Å². The summed E-state index contributed by atoms with van der Waals surface area (Å²) in [6.07, 6.45) is 0. The van der Waals surface area contributed by atoms with Gasteiger partial charge in [0.15, 0.2) is 0 Å². The number of primary amides is 1. The molecule has 4 N–H and O–H groups in total. The number of urea groups is 1. The number of nitrogens with one attached hydrogen (secondary N) is 2. The molecule has 0 spiro atoms. The SMILES string of the molecule is CC(NC(=O)c1ccc(CNC(N)=O)cc1)c1cccc(Br)c1. The summed E-state index contributed by atoms with van der Waals surface area (Å²) in [6, 6.07) is 14.2. The molecule has 1 atom stereocenters. The van der Waals surface area contributed by atoms with Crippen molar-refractivity contribution < 1.29 is 9.59 Å². The van der Waals surface area contributed by atoms with Gasteiger partial charge in [-0.3, -0.25) is 4.79 Å². The Morgan fingerprint density at radius 1 is 1.17 bits per heavy atom. The molecule has 5 nitrogen and oxygen atoms in total. The average Bonchev–Trinajstić information content (AvgIpc) is 2.53.